The summed E-state index contributed by atoms with van der Waals surface area (Å²) in [5.41, 5.74) is 3.71. The topological polar surface area (TPSA) is 69.7 Å². The van der Waals surface area contributed by atoms with Crippen LogP contribution in [0.4, 0.5) is 5.69 Å². The number of fused-ring (bicyclic) bond motifs is 1. The van der Waals surface area contributed by atoms with E-state index >= 15 is 0 Å². The van der Waals surface area contributed by atoms with E-state index in [0.29, 0.717) is 30.1 Å². The molecular formula is C25H24N2O4S. The zero-order valence-electron chi connectivity index (χ0n) is 18.2. The fraction of sp³-hybridized carbons (Fsp3) is 0.200. The molecule has 0 bridgehead atoms. The number of nitrogens with one attached hydrogen (secondary N) is 1. The van der Waals surface area contributed by atoms with Crippen molar-refractivity contribution in [3.63, 3.8) is 0 Å². The van der Waals surface area contributed by atoms with Crippen LogP contribution in [0, 0.1) is 0 Å². The van der Waals surface area contributed by atoms with Crippen LogP contribution in [0.2, 0.25) is 0 Å². The molecule has 1 heterocycles. The van der Waals surface area contributed by atoms with Gasteiger partial charge < -0.3 is 19.5 Å². The number of benzene rings is 3. The van der Waals surface area contributed by atoms with Gasteiger partial charge in [0, 0.05) is 17.7 Å². The zero-order chi connectivity index (χ0) is 22.5. The van der Waals surface area contributed by atoms with Crippen molar-refractivity contribution in [2.24, 2.45) is 0 Å². The molecule has 3 aromatic carbocycles. The number of aromatic nitrogens is 1. The number of aryl methyl sites for hydroxylation is 1. The Morgan fingerprint density at radius 1 is 0.938 bits per heavy atom. The molecule has 0 unspecified atom stereocenters. The van der Waals surface area contributed by atoms with E-state index in [1.54, 1.807) is 32.7 Å². The van der Waals surface area contributed by atoms with E-state index in [1.165, 1.54) is 0 Å². The quantitative estimate of drug-likeness (QED) is 0.382. The molecule has 164 valence electrons. The molecule has 0 fully saturated rings. The largest absolute Gasteiger partial charge is 0.493 e. The van der Waals surface area contributed by atoms with Gasteiger partial charge in [0.2, 0.25) is 11.7 Å². The molecule has 0 aliphatic rings. The van der Waals surface area contributed by atoms with E-state index in [2.05, 4.69) is 16.4 Å². The number of nitrogens with zero attached hydrogens (tertiary/aromatic N) is 1. The first kappa shape index (κ1) is 21.6. The molecule has 1 N–H and O–H groups in total. The Hall–Kier alpha value is -3.58. The fourth-order valence-corrected chi connectivity index (χ4v) is 4.42. The summed E-state index contributed by atoms with van der Waals surface area (Å²) in [4.78, 5) is 17.2. The van der Waals surface area contributed by atoms with E-state index in [4.69, 9.17) is 14.2 Å². The second kappa shape index (κ2) is 9.70. The maximum atomic E-state index is 12.5. The summed E-state index contributed by atoms with van der Waals surface area (Å²) in [6.45, 7) is 0. The summed E-state index contributed by atoms with van der Waals surface area (Å²) in [7, 11) is 4.72. The first-order valence-electron chi connectivity index (χ1n) is 10.2. The summed E-state index contributed by atoms with van der Waals surface area (Å²) in [6, 6.07) is 19.6. The van der Waals surface area contributed by atoms with Gasteiger partial charge in [-0.2, -0.15) is 0 Å². The number of thiazole rings is 1. The van der Waals surface area contributed by atoms with Gasteiger partial charge in [0.15, 0.2) is 11.5 Å². The Morgan fingerprint density at radius 2 is 1.62 bits per heavy atom. The minimum absolute atomic E-state index is 0.0634. The first-order chi connectivity index (χ1) is 15.6. The molecule has 4 aromatic rings. The number of rotatable bonds is 8. The van der Waals surface area contributed by atoms with Crippen molar-refractivity contribution in [1.82, 2.24) is 4.98 Å². The predicted molar refractivity (Wildman–Crippen MR) is 128 cm³/mol. The number of hydrogen-bond acceptors (Lipinski definition) is 6. The number of anilines is 1. The third kappa shape index (κ3) is 4.68. The number of carbonyl (C=O) groups is 1. The van der Waals surface area contributed by atoms with Gasteiger partial charge in [-0.15, -0.1) is 11.3 Å². The number of amides is 1. The molecule has 7 heteroatoms. The lowest BCUT2D eigenvalue weighted by atomic mass is 10.1. The van der Waals surface area contributed by atoms with Gasteiger partial charge >= 0.3 is 0 Å². The molecule has 0 spiro atoms. The molecule has 1 aromatic heterocycles. The number of methoxy groups -OCH3 is 3. The molecule has 0 saturated heterocycles. The Kier molecular flexibility index (Phi) is 6.56. The minimum Gasteiger partial charge on any atom is -0.493 e. The molecule has 0 aliphatic carbocycles. The molecular weight excluding hydrogens is 424 g/mol. The van der Waals surface area contributed by atoms with Gasteiger partial charge in [-0.25, -0.2) is 4.98 Å². The van der Waals surface area contributed by atoms with Crippen LogP contribution < -0.4 is 19.5 Å². The van der Waals surface area contributed by atoms with Crippen LogP contribution in [0.25, 0.3) is 20.8 Å². The molecule has 0 saturated carbocycles. The van der Waals surface area contributed by atoms with Crippen LogP contribution in [0.15, 0.2) is 60.7 Å². The zero-order valence-corrected chi connectivity index (χ0v) is 19.0. The van der Waals surface area contributed by atoms with Gasteiger partial charge in [0.05, 0.1) is 31.5 Å². The molecule has 0 radical (unpaired) electrons. The molecule has 1 amide bonds. The predicted octanol–water partition coefficient (Wildman–Crippen LogP) is 5.56. The van der Waals surface area contributed by atoms with Crippen LogP contribution in [0.3, 0.4) is 0 Å². The van der Waals surface area contributed by atoms with E-state index < -0.39 is 0 Å². The van der Waals surface area contributed by atoms with Gasteiger partial charge in [-0.3, -0.25) is 4.79 Å². The van der Waals surface area contributed by atoms with Crippen molar-refractivity contribution in [2.45, 2.75) is 12.8 Å². The third-order valence-electron chi connectivity index (χ3n) is 5.07. The molecule has 0 aliphatic heterocycles. The summed E-state index contributed by atoms with van der Waals surface area (Å²) >= 11 is 1.66. The van der Waals surface area contributed by atoms with Crippen molar-refractivity contribution < 1.29 is 19.0 Å². The van der Waals surface area contributed by atoms with Crippen molar-refractivity contribution >= 4 is 33.1 Å². The summed E-state index contributed by atoms with van der Waals surface area (Å²) < 4.78 is 17.3. The standard InChI is InChI=1S/C25H24N2O4S/c1-29-20-14-16(15-21(30-2)24(20)31-3)8-13-23(28)26-18-11-9-17(10-12-18)25-27-19-6-4-5-7-22(19)32-25/h4-7,9-12,14-15H,8,13H2,1-3H3,(H,26,28). The highest BCUT2D eigenvalue weighted by molar-refractivity contribution is 7.21. The Labute approximate surface area is 190 Å². The Balaban J connectivity index is 1.39. The summed E-state index contributed by atoms with van der Waals surface area (Å²) in [5, 5.41) is 3.92. The van der Waals surface area contributed by atoms with E-state index in [-0.39, 0.29) is 5.91 Å². The van der Waals surface area contributed by atoms with E-state index in [0.717, 1.165) is 32.0 Å². The summed E-state index contributed by atoms with van der Waals surface area (Å²) in [6.07, 6.45) is 0.880. The average molecular weight is 449 g/mol. The lowest BCUT2D eigenvalue weighted by Gasteiger charge is -2.14. The third-order valence-corrected chi connectivity index (χ3v) is 6.16. The average Bonchev–Trinajstić information content (AvgIpc) is 3.26. The second-order valence-electron chi connectivity index (χ2n) is 7.15. The van der Waals surface area contributed by atoms with Gasteiger partial charge in [0.25, 0.3) is 0 Å². The second-order valence-corrected chi connectivity index (χ2v) is 8.18. The minimum atomic E-state index is -0.0634. The maximum Gasteiger partial charge on any atom is 0.224 e. The fourth-order valence-electron chi connectivity index (χ4n) is 3.45. The van der Waals surface area contributed by atoms with Crippen LogP contribution in [-0.2, 0) is 11.2 Å². The van der Waals surface area contributed by atoms with E-state index in [1.807, 2.05) is 54.6 Å². The van der Waals surface area contributed by atoms with Crippen molar-refractivity contribution in [1.29, 1.82) is 0 Å². The highest BCUT2D eigenvalue weighted by Gasteiger charge is 2.14. The first-order valence-corrected chi connectivity index (χ1v) is 11.0. The number of carbonyl (C=O) groups excluding carboxylic acids is 1. The number of ether oxygens (including phenoxy) is 3. The Morgan fingerprint density at radius 3 is 2.25 bits per heavy atom. The SMILES string of the molecule is COc1cc(CCC(=O)Nc2ccc(-c3nc4ccccc4s3)cc2)cc(OC)c1OC. The molecule has 0 atom stereocenters. The van der Waals surface area contributed by atoms with Crippen LogP contribution in [0.1, 0.15) is 12.0 Å². The lowest BCUT2D eigenvalue weighted by Crippen LogP contribution is -2.12. The van der Waals surface area contributed by atoms with Crippen molar-refractivity contribution in [2.75, 3.05) is 26.6 Å². The monoisotopic (exact) mass is 448 g/mol. The highest BCUT2D eigenvalue weighted by Crippen LogP contribution is 2.38. The number of hydrogen-bond donors (Lipinski definition) is 1. The lowest BCUT2D eigenvalue weighted by molar-refractivity contribution is -0.116. The normalized spacial score (nSPS) is 10.7. The smallest absolute Gasteiger partial charge is 0.224 e. The number of para-hydroxylation sites is 1. The van der Waals surface area contributed by atoms with E-state index in [9.17, 15) is 4.79 Å². The maximum absolute atomic E-state index is 12.5. The van der Waals surface area contributed by atoms with Gasteiger partial charge in [-0.1, -0.05) is 12.1 Å². The van der Waals surface area contributed by atoms with Crippen LogP contribution in [-0.4, -0.2) is 32.2 Å². The van der Waals surface area contributed by atoms with Crippen molar-refractivity contribution in [3.05, 3.63) is 66.2 Å². The highest BCUT2D eigenvalue weighted by atomic mass is 32.1. The van der Waals surface area contributed by atoms with Crippen LogP contribution in [0.5, 0.6) is 17.2 Å². The van der Waals surface area contributed by atoms with Gasteiger partial charge in [-0.05, 0) is 60.5 Å². The molecule has 4 rings (SSSR count). The summed E-state index contributed by atoms with van der Waals surface area (Å²) in [5.74, 6) is 1.63. The molecule has 32 heavy (non-hydrogen) atoms. The molecule has 6 nitrogen and oxygen atoms in total. The van der Waals surface area contributed by atoms with Gasteiger partial charge in [0.1, 0.15) is 5.01 Å². The Bertz CT molecular complexity index is 1180. The van der Waals surface area contributed by atoms with Crippen LogP contribution >= 0.6 is 11.3 Å². The van der Waals surface area contributed by atoms with Crippen molar-refractivity contribution in [3.8, 4) is 27.8 Å².